The van der Waals surface area contributed by atoms with Crippen LogP contribution in [0.4, 0.5) is 0 Å². The Morgan fingerprint density at radius 1 is 1.20 bits per heavy atom. The summed E-state index contributed by atoms with van der Waals surface area (Å²) in [6, 6.07) is 5.73. The van der Waals surface area contributed by atoms with Crippen LogP contribution in [0.5, 0.6) is 5.75 Å². The Balaban J connectivity index is 3.17. The molecule has 0 saturated carbocycles. The lowest BCUT2D eigenvalue weighted by molar-refractivity contribution is 0.608. The third kappa shape index (κ3) is 1.62. The smallest absolute Gasteiger partial charge is 0.341 e. The van der Waals surface area contributed by atoms with Crippen molar-refractivity contribution >= 4 is 42.3 Å². The molecule has 0 spiro atoms. The molecule has 0 aliphatic carbocycles. The van der Waals surface area contributed by atoms with Crippen molar-refractivity contribution in [2.24, 2.45) is 0 Å². The van der Waals surface area contributed by atoms with E-state index >= 15 is 0 Å². The molecule has 0 bridgehead atoms. The van der Waals surface area contributed by atoms with E-state index in [9.17, 15) is 0 Å². The molecule has 0 saturated heterocycles. The monoisotopic (exact) mass is 277 g/mol. The van der Waals surface area contributed by atoms with Crippen LogP contribution < -0.4 is 4.43 Å². The van der Waals surface area contributed by atoms with E-state index in [1.807, 2.05) is 18.2 Å². The molecule has 0 amide bonds. The minimum absolute atomic E-state index is 0.749. The number of para-hydroxylation sites is 1. The first-order valence-electron chi connectivity index (χ1n) is 2.53. The van der Waals surface area contributed by atoms with Gasteiger partial charge in [-0.05, 0) is 44.0 Å². The summed E-state index contributed by atoms with van der Waals surface area (Å²) >= 11 is 6.64. The van der Waals surface area contributed by atoms with Gasteiger partial charge in [-0.25, -0.2) is 0 Å². The first-order chi connectivity index (χ1) is 4.75. The van der Waals surface area contributed by atoms with Crippen LogP contribution in [0.15, 0.2) is 27.1 Å². The molecule has 0 unspecified atom stereocenters. The van der Waals surface area contributed by atoms with Gasteiger partial charge in [0.2, 0.25) is 0 Å². The van der Waals surface area contributed by atoms with Crippen LogP contribution in [0.3, 0.4) is 0 Å². The summed E-state index contributed by atoms with van der Waals surface area (Å²) in [6.07, 6.45) is 0. The highest BCUT2D eigenvalue weighted by Gasteiger charge is 2.01. The van der Waals surface area contributed by atoms with Crippen LogP contribution in [-0.2, 0) is 0 Å². The highest BCUT2D eigenvalue weighted by Crippen LogP contribution is 2.31. The zero-order valence-electron chi connectivity index (χ0n) is 4.90. The van der Waals surface area contributed by atoms with Crippen LogP contribution in [0, 0.1) is 0 Å². The standard InChI is InChI=1S/C6H3Br2OSi/c7-4-2-1-3-5(8)6(4)9-10/h1-3H. The Bertz CT molecular complexity index is 219. The number of benzene rings is 1. The maximum absolute atomic E-state index is 4.89. The van der Waals surface area contributed by atoms with Gasteiger partial charge in [0.05, 0.1) is 8.95 Å². The second-order valence-corrected chi connectivity index (χ2v) is 3.57. The largest absolute Gasteiger partial charge is 0.539 e. The minimum atomic E-state index is 0.749. The molecule has 4 heteroatoms. The fourth-order valence-corrected chi connectivity index (χ4v) is 2.26. The summed E-state index contributed by atoms with van der Waals surface area (Å²) in [5.41, 5.74) is 0. The van der Waals surface area contributed by atoms with Gasteiger partial charge in [-0.15, -0.1) is 0 Å². The Hall–Kier alpha value is 0.197. The predicted molar refractivity (Wildman–Crippen MR) is 48.2 cm³/mol. The second kappa shape index (κ2) is 3.55. The van der Waals surface area contributed by atoms with Crippen molar-refractivity contribution in [2.45, 2.75) is 0 Å². The quantitative estimate of drug-likeness (QED) is 0.718. The first kappa shape index (κ1) is 8.29. The molecule has 1 aromatic rings. The van der Waals surface area contributed by atoms with E-state index in [0.717, 1.165) is 14.7 Å². The van der Waals surface area contributed by atoms with Crippen LogP contribution in [0.1, 0.15) is 0 Å². The average Bonchev–Trinajstić information content (AvgIpc) is 1.88. The molecule has 0 heterocycles. The van der Waals surface area contributed by atoms with E-state index in [4.69, 9.17) is 4.43 Å². The highest BCUT2D eigenvalue weighted by atomic mass is 79.9. The number of halogens is 2. The Labute approximate surface area is 79.6 Å². The third-order valence-corrected chi connectivity index (χ3v) is 2.47. The van der Waals surface area contributed by atoms with Gasteiger partial charge in [-0.1, -0.05) is 6.07 Å². The number of rotatable bonds is 1. The maximum Gasteiger partial charge on any atom is 0.341 e. The topological polar surface area (TPSA) is 9.23 Å². The molecule has 1 nitrogen and oxygen atoms in total. The Morgan fingerprint density at radius 2 is 1.70 bits per heavy atom. The van der Waals surface area contributed by atoms with E-state index in [-0.39, 0.29) is 0 Å². The number of hydrogen-bond acceptors (Lipinski definition) is 1. The number of hydrogen-bond donors (Lipinski definition) is 0. The van der Waals surface area contributed by atoms with E-state index in [1.54, 1.807) is 0 Å². The minimum Gasteiger partial charge on any atom is -0.539 e. The SMILES string of the molecule is [Si]Oc1c(Br)cccc1Br. The van der Waals surface area contributed by atoms with Crippen molar-refractivity contribution < 1.29 is 4.43 Å². The summed E-state index contributed by atoms with van der Waals surface area (Å²) < 4.78 is 6.72. The molecule has 1 aromatic carbocycles. The molecule has 0 atom stereocenters. The molecule has 3 radical (unpaired) electrons. The van der Waals surface area contributed by atoms with Gasteiger partial charge in [0.25, 0.3) is 0 Å². The van der Waals surface area contributed by atoms with Gasteiger partial charge in [0.1, 0.15) is 5.75 Å². The average molecular weight is 279 g/mol. The lowest BCUT2D eigenvalue weighted by Crippen LogP contribution is -1.86. The lowest BCUT2D eigenvalue weighted by atomic mass is 10.3. The van der Waals surface area contributed by atoms with Crippen LogP contribution in [-0.4, -0.2) is 10.5 Å². The van der Waals surface area contributed by atoms with Gasteiger partial charge in [-0.2, -0.15) is 0 Å². The molecule has 0 N–H and O–H groups in total. The van der Waals surface area contributed by atoms with Gasteiger partial charge < -0.3 is 4.43 Å². The molecule has 51 valence electrons. The fraction of sp³-hybridized carbons (Fsp3) is 0. The van der Waals surface area contributed by atoms with Gasteiger partial charge in [0, 0.05) is 0 Å². The zero-order chi connectivity index (χ0) is 7.56. The molecular formula is C6H3Br2OSi. The summed E-state index contributed by atoms with van der Waals surface area (Å²) in [7, 11) is 2.95. The van der Waals surface area contributed by atoms with Crippen molar-refractivity contribution in [1.29, 1.82) is 0 Å². The van der Waals surface area contributed by atoms with Crippen molar-refractivity contribution in [1.82, 2.24) is 0 Å². The van der Waals surface area contributed by atoms with E-state index in [2.05, 4.69) is 42.3 Å². The highest BCUT2D eigenvalue weighted by molar-refractivity contribution is 9.11. The third-order valence-electron chi connectivity index (χ3n) is 1.02. The molecule has 0 aromatic heterocycles. The Morgan fingerprint density at radius 3 is 2.00 bits per heavy atom. The molecule has 0 aliphatic rings. The fourth-order valence-electron chi connectivity index (χ4n) is 0.580. The molecular weight excluding hydrogens is 276 g/mol. The predicted octanol–water partition coefficient (Wildman–Crippen LogP) is 2.67. The van der Waals surface area contributed by atoms with Crippen molar-refractivity contribution in [3.63, 3.8) is 0 Å². The van der Waals surface area contributed by atoms with E-state index in [0.29, 0.717) is 0 Å². The molecule has 10 heavy (non-hydrogen) atoms. The molecule has 1 rings (SSSR count). The van der Waals surface area contributed by atoms with Crippen molar-refractivity contribution in [3.05, 3.63) is 27.1 Å². The van der Waals surface area contributed by atoms with Crippen molar-refractivity contribution in [2.75, 3.05) is 0 Å². The zero-order valence-corrected chi connectivity index (χ0v) is 9.07. The lowest BCUT2D eigenvalue weighted by Gasteiger charge is -2.03. The first-order valence-corrected chi connectivity index (χ1v) is 4.52. The normalized spacial score (nSPS) is 9.50. The molecule has 0 fully saturated rings. The van der Waals surface area contributed by atoms with Crippen LogP contribution in [0.25, 0.3) is 0 Å². The summed E-state index contributed by atoms with van der Waals surface area (Å²) in [4.78, 5) is 0. The van der Waals surface area contributed by atoms with E-state index < -0.39 is 0 Å². The summed E-state index contributed by atoms with van der Waals surface area (Å²) in [5.74, 6) is 0.749. The summed E-state index contributed by atoms with van der Waals surface area (Å²) in [5, 5.41) is 0. The maximum atomic E-state index is 4.89. The van der Waals surface area contributed by atoms with Crippen LogP contribution in [0.2, 0.25) is 0 Å². The summed E-state index contributed by atoms with van der Waals surface area (Å²) in [6.45, 7) is 0. The van der Waals surface area contributed by atoms with Crippen molar-refractivity contribution in [3.8, 4) is 5.75 Å². The van der Waals surface area contributed by atoms with Gasteiger partial charge in [-0.3, -0.25) is 0 Å². The Kier molecular flexibility index (Phi) is 2.94. The second-order valence-electron chi connectivity index (χ2n) is 1.65. The van der Waals surface area contributed by atoms with Crippen LogP contribution >= 0.6 is 31.9 Å². The van der Waals surface area contributed by atoms with E-state index in [1.165, 1.54) is 0 Å². The van der Waals surface area contributed by atoms with Gasteiger partial charge >= 0.3 is 10.5 Å². The van der Waals surface area contributed by atoms with Gasteiger partial charge in [0.15, 0.2) is 0 Å². The molecule has 0 aliphatic heterocycles.